The summed E-state index contributed by atoms with van der Waals surface area (Å²) in [4.78, 5) is 22.5. The minimum atomic E-state index is -1.01. The van der Waals surface area contributed by atoms with E-state index in [0.717, 1.165) is 6.08 Å². The number of hydrogen-bond donors (Lipinski definition) is 3. The molecule has 108 valence electrons. The smallest absolute Gasteiger partial charge is 0.328 e. The Balaban J connectivity index is 2.80. The Bertz CT molecular complexity index is 510. The number of hydrogen-bond acceptors (Lipinski definition) is 3. The van der Waals surface area contributed by atoms with E-state index in [1.54, 1.807) is 24.3 Å². The summed E-state index contributed by atoms with van der Waals surface area (Å²) in [5.41, 5.74) is 6.94. The van der Waals surface area contributed by atoms with Crippen molar-refractivity contribution in [3.05, 3.63) is 35.9 Å². The Kier molecular flexibility index (Phi) is 5.93. The summed E-state index contributed by atoms with van der Waals surface area (Å²) in [6.45, 7) is 4.19. The van der Waals surface area contributed by atoms with Crippen LogP contribution in [0.25, 0.3) is 6.08 Å². The van der Waals surface area contributed by atoms with Gasteiger partial charge in [-0.2, -0.15) is 0 Å². The van der Waals surface area contributed by atoms with Gasteiger partial charge in [-0.15, -0.1) is 0 Å². The minimum Gasteiger partial charge on any atom is -0.478 e. The van der Waals surface area contributed by atoms with Crippen LogP contribution >= 0.6 is 0 Å². The number of carboxylic acid groups (broad SMARTS) is 1. The molecule has 1 aromatic rings. The molecule has 0 saturated heterocycles. The highest BCUT2D eigenvalue weighted by Gasteiger charge is 2.20. The highest BCUT2D eigenvalue weighted by atomic mass is 16.4. The third-order valence-corrected chi connectivity index (χ3v) is 2.97. The summed E-state index contributed by atoms with van der Waals surface area (Å²) in [5.74, 6) is -1.22. The molecule has 0 aliphatic carbocycles. The maximum Gasteiger partial charge on any atom is 0.328 e. The zero-order chi connectivity index (χ0) is 15.1. The molecule has 5 heteroatoms. The summed E-state index contributed by atoms with van der Waals surface area (Å²) >= 11 is 0. The number of amides is 1. The number of rotatable bonds is 6. The predicted octanol–water partition coefficient (Wildman–Crippen LogP) is 1.95. The summed E-state index contributed by atoms with van der Waals surface area (Å²) in [5, 5.41) is 11.4. The molecule has 0 aliphatic rings. The molecule has 1 aromatic carbocycles. The van der Waals surface area contributed by atoms with Crippen molar-refractivity contribution in [3.63, 3.8) is 0 Å². The summed E-state index contributed by atoms with van der Waals surface area (Å²) in [6.07, 6.45) is 2.53. The van der Waals surface area contributed by atoms with Gasteiger partial charge in [0.15, 0.2) is 0 Å². The fraction of sp³-hybridized carbons (Fsp3) is 0.333. The zero-order valence-electron chi connectivity index (χ0n) is 11.7. The SMILES string of the molecule is CC(C)C(CN)C(=O)Nc1cccc(/C=C/C(=O)O)c1. The highest BCUT2D eigenvalue weighted by molar-refractivity contribution is 5.93. The van der Waals surface area contributed by atoms with Crippen LogP contribution in [-0.2, 0) is 9.59 Å². The van der Waals surface area contributed by atoms with Crippen LogP contribution in [0.1, 0.15) is 19.4 Å². The second kappa shape index (κ2) is 7.45. The van der Waals surface area contributed by atoms with Crippen molar-refractivity contribution in [2.75, 3.05) is 11.9 Å². The van der Waals surface area contributed by atoms with E-state index in [4.69, 9.17) is 10.8 Å². The van der Waals surface area contributed by atoms with Crippen molar-refractivity contribution in [1.82, 2.24) is 0 Å². The predicted molar refractivity (Wildman–Crippen MR) is 79.1 cm³/mol. The molecule has 1 amide bonds. The number of nitrogens with two attached hydrogens (primary N) is 1. The number of benzene rings is 1. The van der Waals surface area contributed by atoms with E-state index in [1.807, 2.05) is 13.8 Å². The minimum absolute atomic E-state index is 0.123. The lowest BCUT2D eigenvalue weighted by Crippen LogP contribution is -2.33. The molecule has 0 saturated carbocycles. The maximum atomic E-state index is 12.1. The number of anilines is 1. The first-order valence-corrected chi connectivity index (χ1v) is 6.46. The van der Waals surface area contributed by atoms with Gasteiger partial charge in [0, 0.05) is 18.3 Å². The molecule has 20 heavy (non-hydrogen) atoms. The first-order chi connectivity index (χ1) is 9.43. The van der Waals surface area contributed by atoms with Gasteiger partial charge in [0.05, 0.1) is 5.92 Å². The fourth-order valence-electron chi connectivity index (χ4n) is 1.80. The third-order valence-electron chi connectivity index (χ3n) is 2.97. The van der Waals surface area contributed by atoms with Gasteiger partial charge in [0.2, 0.25) is 5.91 Å². The Labute approximate surface area is 118 Å². The fourth-order valence-corrected chi connectivity index (χ4v) is 1.80. The first kappa shape index (κ1) is 15.9. The third kappa shape index (κ3) is 4.85. The molecule has 0 heterocycles. The quantitative estimate of drug-likeness (QED) is 0.692. The Morgan fingerprint density at radius 2 is 2.10 bits per heavy atom. The van der Waals surface area contributed by atoms with Crippen LogP contribution in [0.3, 0.4) is 0 Å². The monoisotopic (exact) mass is 276 g/mol. The van der Waals surface area contributed by atoms with Crippen LogP contribution in [0.15, 0.2) is 30.3 Å². The largest absolute Gasteiger partial charge is 0.478 e. The van der Waals surface area contributed by atoms with E-state index in [2.05, 4.69) is 5.32 Å². The first-order valence-electron chi connectivity index (χ1n) is 6.46. The average Bonchev–Trinajstić information content (AvgIpc) is 2.37. The molecule has 0 bridgehead atoms. The molecular formula is C15H20N2O3. The number of nitrogens with one attached hydrogen (secondary N) is 1. The van der Waals surface area contributed by atoms with Crippen LogP contribution in [0, 0.1) is 11.8 Å². The van der Waals surface area contributed by atoms with Gasteiger partial charge in [-0.25, -0.2) is 4.79 Å². The Hall–Kier alpha value is -2.14. The second-order valence-electron chi connectivity index (χ2n) is 4.87. The van der Waals surface area contributed by atoms with E-state index >= 15 is 0 Å². The summed E-state index contributed by atoms with van der Waals surface area (Å²) in [6, 6.07) is 6.98. The van der Waals surface area contributed by atoms with E-state index in [-0.39, 0.29) is 17.7 Å². The lowest BCUT2D eigenvalue weighted by molar-refractivity contribution is -0.131. The van der Waals surface area contributed by atoms with Gasteiger partial charge in [-0.3, -0.25) is 4.79 Å². The Morgan fingerprint density at radius 1 is 1.40 bits per heavy atom. The van der Waals surface area contributed by atoms with Crippen molar-refractivity contribution in [1.29, 1.82) is 0 Å². The highest BCUT2D eigenvalue weighted by Crippen LogP contribution is 2.16. The van der Waals surface area contributed by atoms with Crippen LogP contribution in [0.4, 0.5) is 5.69 Å². The number of carbonyl (C=O) groups excluding carboxylic acids is 1. The molecule has 1 rings (SSSR count). The standard InChI is InChI=1S/C15H20N2O3/c1-10(2)13(9-16)15(20)17-12-5-3-4-11(8-12)6-7-14(18)19/h3-8,10,13H,9,16H2,1-2H3,(H,17,20)(H,18,19)/b7-6+. The molecular weight excluding hydrogens is 256 g/mol. The molecule has 5 nitrogen and oxygen atoms in total. The zero-order valence-corrected chi connectivity index (χ0v) is 11.7. The van der Waals surface area contributed by atoms with Gasteiger partial charge in [-0.1, -0.05) is 26.0 Å². The van der Waals surface area contributed by atoms with Crippen LogP contribution < -0.4 is 11.1 Å². The molecule has 0 fully saturated rings. The van der Waals surface area contributed by atoms with Crippen molar-refractivity contribution in [3.8, 4) is 0 Å². The molecule has 0 spiro atoms. The molecule has 0 radical (unpaired) electrons. The van der Waals surface area contributed by atoms with Gasteiger partial charge in [-0.05, 0) is 29.7 Å². The lowest BCUT2D eigenvalue weighted by atomic mass is 9.95. The van der Waals surface area contributed by atoms with E-state index in [9.17, 15) is 9.59 Å². The molecule has 1 unspecified atom stereocenters. The normalized spacial score (nSPS) is 12.6. The van der Waals surface area contributed by atoms with Crippen LogP contribution in [0.5, 0.6) is 0 Å². The van der Waals surface area contributed by atoms with Gasteiger partial charge in [0.25, 0.3) is 0 Å². The summed E-state index contributed by atoms with van der Waals surface area (Å²) in [7, 11) is 0. The molecule has 1 atom stereocenters. The van der Waals surface area contributed by atoms with Crippen LogP contribution in [-0.4, -0.2) is 23.5 Å². The van der Waals surface area contributed by atoms with E-state index in [0.29, 0.717) is 17.8 Å². The number of carboxylic acids is 1. The van der Waals surface area contributed by atoms with Crippen molar-refractivity contribution in [2.24, 2.45) is 17.6 Å². The van der Waals surface area contributed by atoms with Crippen molar-refractivity contribution < 1.29 is 14.7 Å². The van der Waals surface area contributed by atoms with Gasteiger partial charge < -0.3 is 16.2 Å². The van der Waals surface area contributed by atoms with Gasteiger partial charge in [0.1, 0.15) is 0 Å². The average molecular weight is 276 g/mol. The molecule has 0 aliphatic heterocycles. The molecule has 4 N–H and O–H groups in total. The number of carbonyl (C=O) groups is 2. The van der Waals surface area contributed by atoms with E-state index in [1.165, 1.54) is 6.08 Å². The summed E-state index contributed by atoms with van der Waals surface area (Å²) < 4.78 is 0. The van der Waals surface area contributed by atoms with Crippen LogP contribution in [0.2, 0.25) is 0 Å². The number of aliphatic carboxylic acids is 1. The van der Waals surface area contributed by atoms with Crippen molar-refractivity contribution in [2.45, 2.75) is 13.8 Å². The van der Waals surface area contributed by atoms with Crippen molar-refractivity contribution >= 4 is 23.6 Å². The lowest BCUT2D eigenvalue weighted by Gasteiger charge is -2.18. The maximum absolute atomic E-state index is 12.1. The van der Waals surface area contributed by atoms with E-state index < -0.39 is 5.97 Å². The topological polar surface area (TPSA) is 92.4 Å². The molecule has 0 aromatic heterocycles. The van der Waals surface area contributed by atoms with Gasteiger partial charge >= 0.3 is 5.97 Å². The second-order valence-corrected chi connectivity index (χ2v) is 4.87. The Morgan fingerprint density at radius 3 is 2.65 bits per heavy atom.